The fraction of sp³-hybridized carbons (Fsp3) is 0.533. The largest absolute Gasteiger partial charge is 0.496 e. The van der Waals surface area contributed by atoms with E-state index in [0.717, 1.165) is 6.54 Å². The molecule has 18 heavy (non-hydrogen) atoms. The molecule has 1 aliphatic rings. The quantitative estimate of drug-likeness (QED) is 0.766. The van der Waals surface area contributed by atoms with Crippen molar-refractivity contribution in [1.82, 2.24) is 4.90 Å². The molecule has 0 N–H and O–H groups in total. The Labute approximate surface area is 109 Å². The molecule has 1 heterocycles. The van der Waals surface area contributed by atoms with Crippen LogP contribution in [0.2, 0.25) is 0 Å². The van der Waals surface area contributed by atoms with Crippen LogP contribution in [0.5, 0.6) is 5.75 Å². The fourth-order valence-electron chi connectivity index (χ4n) is 2.54. The summed E-state index contributed by atoms with van der Waals surface area (Å²) in [6.45, 7) is 3.73. The maximum Gasteiger partial charge on any atom is 0.180 e. The summed E-state index contributed by atoms with van der Waals surface area (Å²) in [6.07, 6.45) is 3.67. The average molecular weight is 247 g/mol. The van der Waals surface area contributed by atoms with Crippen LogP contribution in [0.15, 0.2) is 24.3 Å². The van der Waals surface area contributed by atoms with E-state index in [1.165, 1.54) is 19.3 Å². The van der Waals surface area contributed by atoms with E-state index < -0.39 is 0 Å². The summed E-state index contributed by atoms with van der Waals surface area (Å²) in [6, 6.07) is 7.97. The SMILES string of the molecule is COc1ccccc1C(=O)CN1CCCCC1C. The van der Waals surface area contributed by atoms with Gasteiger partial charge < -0.3 is 4.74 Å². The third-order valence-corrected chi connectivity index (χ3v) is 3.69. The number of rotatable bonds is 4. The van der Waals surface area contributed by atoms with Gasteiger partial charge in [0.1, 0.15) is 5.75 Å². The lowest BCUT2D eigenvalue weighted by molar-refractivity contribution is 0.0857. The van der Waals surface area contributed by atoms with Gasteiger partial charge in [-0.25, -0.2) is 0 Å². The van der Waals surface area contributed by atoms with Crippen molar-refractivity contribution in [2.24, 2.45) is 0 Å². The Balaban J connectivity index is 2.07. The number of hydrogen-bond acceptors (Lipinski definition) is 3. The highest BCUT2D eigenvalue weighted by Crippen LogP contribution is 2.21. The number of piperidine rings is 1. The maximum absolute atomic E-state index is 12.3. The molecule has 0 saturated carbocycles. The molecule has 0 radical (unpaired) electrons. The van der Waals surface area contributed by atoms with Gasteiger partial charge in [-0.15, -0.1) is 0 Å². The third-order valence-electron chi connectivity index (χ3n) is 3.69. The zero-order valence-corrected chi connectivity index (χ0v) is 11.2. The lowest BCUT2D eigenvalue weighted by Gasteiger charge is -2.32. The van der Waals surface area contributed by atoms with E-state index in [4.69, 9.17) is 4.74 Å². The summed E-state index contributed by atoms with van der Waals surface area (Å²) < 4.78 is 5.24. The van der Waals surface area contributed by atoms with Crippen LogP contribution in [0, 0.1) is 0 Å². The molecule has 1 aromatic carbocycles. The Kier molecular flexibility index (Phi) is 4.37. The average Bonchev–Trinajstić information content (AvgIpc) is 2.41. The standard InChI is InChI=1S/C15H21NO2/c1-12-7-5-6-10-16(12)11-14(17)13-8-3-4-9-15(13)18-2/h3-4,8-9,12H,5-7,10-11H2,1-2H3. The number of carbonyl (C=O) groups is 1. The van der Waals surface area contributed by atoms with Crippen LogP contribution < -0.4 is 4.74 Å². The van der Waals surface area contributed by atoms with E-state index in [-0.39, 0.29) is 5.78 Å². The first-order valence-corrected chi connectivity index (χ1v) is 6.62. The first-order chi connectivity index (χ1) is 8.72. The van der Waals surface area contributed by atoms with Crippen molar-refractivity contribution in [2.45, 2.75) is 32.2 Å². The Hall–Kier alpha value is -1.35. The summed E-state index contributed by atoms with van der Waals surface area (Å²) >= 11 is 0. The molecule has 1 unspecified atom stereocenters. The first kappa shape index (κ1) is 13.1. The number of ketones is 1. The van der Waals surface area contributed by atoms with Crippen LogP contribution in [-0.2, 0) is 0 Å². The van der Waals surface area contributed by atoms with Gasteiger partial charge in [-0.2, -0.15) is 0 Å². The molecule has 1 atom stereocenters. The van der Waals surface area contributed by atoms with Gasteiger partial charge in [-0.3, -0.25) is 9.69 Å². The van der Waals surface area contributed by atoms with Gasteiger partial charge >= 0.3 is 0 Å². The molecule has 3 heteroatoms. The zero-order chi connectivity index (χ0) is 13.0. The normalized spacial score (nSPS) is 20.7. The first-order valence-electron chi connectivity index (χ1n) is 6.62. The second-order valence-corrected chi connectivity index (χ2v) is 4.94. The van der Waals surface area contributed by atoms with E-state index >= 15 is 0 Å². The summed E-state index contributed by atoms with van der Waals surface area (Å²) in [7, 11) is 1.61. The highest BCUT2D eigenvalue weighted by atomic mass is 16.5. The number of nitrogens with zero attached hydrogens (tertiary/aromatic N) is 1. The molecule has 1 aromatic rings. The molecule has 1 aliphatic heterocycles. The number of hydrogen-bond donors (Lipinski definition) is 0. The predicted molar refractivity (Wildman–Crippen MR) is 72.2 cm³/mol. The van der Waals surface area contributed by atoms with Crippen molar-refractivity contribution >= 4 is 5.78 Å². The molecule has 1 fully saturated rings. The second kappa shape index (κ2) is 6.01. The Morgan fingerprint density at radius 1 is 1.39 bits per heavy atom. The molecule has 0 aromatic heterocycles. The molecule has 2 rings (SSSR count). The second-order valence-electron chi connectivity index (χ2n) is 4.94. The lowest BCUT2D eigenvalue weighted by atomic mass is 10.0. The third kappa shape index (κ3) is 2.91. The van der Waals surface area contributed by atoms with Crippen LogP contribution >= 0.6 is 0 Å². The van der Waals surface area contributed by atoms with E-state index in [2.05, 4.69) is 11.8 Å². The van der Waals surface area contributed by atoms with Gasteiger partial charge in [0.05, 0.1) is 19.2 Å². The van der Waals surface area contributed by atoms with Gasteiger partial charge in [0.25, 0.3) is 0 Å². The van der Waals surface area contributed by atoms with Gasteiger partial charge in [0.15, 0.2) is 5.78 Å². The molecule has 3 nitrogen and oxygen atoms in total. The molecule has 0 bridgehead atoms. The highest BCUT2D eigenvalue weighted by molar-refractivity contribution is 6.00. The summed E-state index contributed by atoms with van der Waals surface area (Å²) in [4.78, 5) is 14.6. The summed E-state index contributed by atoms with van der Waals surface area (Å²) in [5, 5.41) is 0. The number of para-hydroxylation sites is 1. The molecule has 98 valence electrons. The van der Waals surface area contributed by atoms with Crippen molar-refractivity contribution < 1.29 is 9.53 Å². The van der Waals surface area contributed by atoms with E-state index in [9.17, 15) is 4.79 Å². The van der Waals surface area contributed by atoms with Crippen LogP contribution in [0.25, 0.3) is 0 Å². The number of carbonyl (C=O) groups excluding carboxylic acids is 1. The highest BCUT2D eigenvalue weighted by Gasteiger charge is 2.22. The van der Waals surface area contributed by atoms with Crippen LogP contribution in [0.3, 0.4) is 0 Å². The number of Topliss-reactive ketones (excluding diaryl/α,β-unsaturated/α-hetero) is 1. The minimum atomic E-state index is 0.154. The summed E-state index contributed by atoms with van der Waals surface area (Å²) in [5.41, 5.74) is 0.692. The molecule has 0 spiro atoms. The Morgan fingerprint density at radius 2 is 2.17 bits per heavy atom. The topological polar surface area (TPSA) is 29.5 Å². The smallest absolute Gasteiger partial charge is 0.180 e. The van der Waals surface area contributed by atoms with Crippen LogP contribution in [-0.4, -0.2) is 36.9 Å². The minimum absolute atomic E-state index is 0.154. The number of ether oxygens (including phenoxy) is 1. The number of methoxy groups -OCH3 is 1. The monoisotopic (exact) mass is 247 g/mol. The maximum atomic E-state index is 12.3. The van der Waals surface area contributed by atoms with Crippen molar-refractivity contribution in [3.63, 3.8) is 0 Å². The molecule has 0 aliphatic carbocycles. The van der Waals surface area contributed by atoms with E-state index in [1.54, 1.807) is 7.11 Å². The zero-order valence-electron chi connectivity index (χ0n) is 11.2. The molecule has 1 saturated heterocycles. The van der Waals surface area contributed by atoms with Crippen molar-refractivity contribution in [3.8, 4) is 5.75 Å². The van der Waals surface area contributed by atoms with E-state index in [1.807, 2.05) is 24.3 Å². The molecular formula is C15H21NO2. The van der Waals surface area contributed by atoms with Crippen molar-refractivity contribution in [2.75, 3.05) is 20.2 Å². The minimum Gasteiger partial charge on any atom is -0.496 e. The van der Waals surface area contributed by atoms with Gasteiger partial charge in [-0.05, 0) is 38.4 Å². The molecular weight excluding hydrogens is 226 g/mol. The van der Waals surface area contributed by atoms with Gasteiger partial charge in [-0.1, -0.05) is 18.6 Å². The molecule has 0 amide bonds. The Morgan fingerprint density at radius 3 is 2.89 bits per heavy atom. The van der Waals surface area contributed by atoms with Crippen LogP contribution in [0.1, 0.15) is 36.5 Å². The fourth-order valence-corrected chi connectivity index (χ4v) is 2.54. The number of benzene rings is 1. The van der Waals surface area contributed by atoms with Gasteiger partial charge in [0, 0.05) is 6.04 Å². The lowest BCUT2D eigenvalue weighted by Crippen LogP contribution is -2.40. The van der Waals surface area contributed by atoms with Crippen molar-refractivity contribution in [3.05, 3.63) is 29.8 Å². The van der Waals surface area contributed by atoms with Gasteiger partial charge in [0.2, 0.25) is 0 Å². The van der Waals surface area contributed by atoms with E-state index in [0.29, 0.717) is 23.9 Å². The Bertz CT molecular complexity index is 417. The number of likely N-dealkylation sites (tertiary alicyclic amines) is 1. The van der Waals surface area contributed by atoms with Crippen LogP contribution in [0.4, 0.5) is 0 Å². The van der Waals surface area contributed by atoms with Crippen molar-refractivity contribution in [1.29, 1.82) is 0 Å². The summed E-state index contributed by atoms with van der Waals surface area (Å²) in [5.74, 6) is 0.827. The predicted octanol–water partition coefficient (Wildman–Crippen LogP) is 2.75.